The van der Waals surface area contributed by atoms with E-state index in [9.17, 15) is 18.0 Å². The second-order valence-corrected chi connectivity index (χ2v) is 12.7. The van der Waals surface area contributed by atoms with Crippen LogP contribution >= 0.6 is 46.4 Å². The van der Waals surface area contributed by atoms with Crippen molar-refractivity contribution in [3.8, 4) is 0 Å². The van der Waals surface area contributed by atoms with E-state index in [1.807, 2.05) is 6.92 Å². The second kappa shape index (κ2) is 15.1. The summed E-state index contributed by atoms with van der Waals surface area (Å²) < 4.78 is 28.7. The summed E-state index contributed by atoms with van der Waals surface area (Å²) in [5, 5.41) is 3.57. The van der Waals surface area contributed by atoms with Crippen molar-refractivity contribution in [3.63, 3.8) is 0 Å². The normalized spacial score (nSPS) is 12.0. The topological polar surface area (TPSA) is 86.8 Å². The van der Waals surface area contributed by atoms with Gasteiger partial charge < -0.3 is 10.2 Å². The summed E-state index contributed by atoms with van der Waals surface area (Å²) >= 11 is 25.6. The summed E-state index contributed by atoms with van der Waals surface area (Å²) in [6, 6.07) is 16.2. The number of benzene rings is 3. The van der Waals surface area contributed by atoms with Crippen LogP contribution in [-0.2, 0) is 26.2 Å². The van der Waals surface area contributed by atoms with Crippen LogP contribution in [0.25, 0.3) is 0 Å². The molecule has 0 aromatic heterocycles. The lowest BCUT2D eigenvalue weighted by molar-refractivity contribution is -0.140. The summed E-state index contributed by atoms with van der Waals surface area (Å²) in [6.45, 7) is 3.41. The molecule has 1 N–H and O–H groups in total. The van der Waals surface area contributed by atoms with Crippen LogP contribution in [0.15, 0.2) is 71.6 Å². The number of carbonyl (C=O) groups excluding carboxylic acids is 2. The molecule has 12 heteroatoms. The highest BCUT2D eigenvalue weighted by Crippen LogP contribution is 2.36. The fourth-order valence-corrected chi connectivity index (χ4v) is 6.61. The molecule has 3 rings (SSSR count). The Morgan fingerprint density at radius 1 is 0.854 bits per heavy atom. The largest absolute Gasteiger partial charge is 0.354 e. The van der Waals surface area contributed by atoms with Gasteiger partial charge in [0.15, 0.2) is 0 Å². The van der Waals surface area contributed by atoms with Gasteiger partial charge in [-0.15, -0.1) is 0 Å². The zero-order valence-electron chi connectivity index (χ0n) is 22.6. The molecule has 0 aliphatic heterocycles. The summed E-state index contributed by atoms with van der Waals surface area (Å²) in [5.41, 5.74) is 0.454. The predicted octanol–water partition coefficient (Wildman–Crippen LogP) is 7.22. The first-order valence-electron chi connectivity index (χ1n) is 13.0. The highest BCUT2D eigenvalue weighted by molar-refractivity contribution is 7.92. The maximum Gasteiger partial charge on any atom is 0.264 e. The number of nitrogens with zero attached hydrogens (tertiary/aromatic N) is 2. The van der Waals surface area contributed by atoms with Crippen molar-refractivity contribution in [2.45, 2.75) is 50.6 Å². The van der Waals surface area contributed by atoms with E-state index < -0.39 is 28.5 Å². The standard InChI is InChI=1S/C29H31Cl4N3O4S/c1-3-5-17-34-29(38)25(4-2)35(18-21-22(30)13-9-14-23(21)31)27(37)19-36(26-16-10-15-24(32)28(26)33)41(39,40)20-11-7-6-8-12-20/h6-16,25H,3-5,17-19H2,1-2H3,(H,34,38)/t25-/m1/s1. The molecule has 2 amide bonds. The quantitative estimate of drug-likeness (QED) is 0.197. The summed E-state index contributed by atoms with van der Waals surface area (Å²) in [7, 11) is -4.29. The van der Waals surface area contributed by atoms with E-state index in [-0.39, 0.29) is 39.5 Å². The van der Waals surface area contributed by atoms with Gasteiger partial charge in [-0.25, -0.2) is 8.42 Å². The van der Waals surface area contributed by atoms with Crippen molar-refractivity contribution in [2.75, 3.05) is 17.4 Å². The number of sulfonamides is 1. The average molecular weight is 659 g/mol. The maximum atomic E-state index is 14.1. The molecule has 0 unspecified atom stereocenters. The molecular weight excluding hydrogens is 628 g/mol. The molecular formula is C29H31Cl4N3O4S. The minimum absolute atomic E-state index is 0.0209. The van der Waals surface area contributed by atoms with Crippen molar-refractivity contribution in [1.29, 1.82) is 0 Å². The van der Waals surface area contributed by atoms with Crippen LogP contribution in [0.5, 0.6) is 0 Å². The Bertz CT molecular complexity index is 1450. The molecule has 0 aliphatic rings. The molecule has 0 saturated carbocycles. The number of nitrogens with one attached hydrogen (secondary N) is 1. The molecule has 0 heterocycles. The monoisotopic (exact) mass is 657 g/mol. The summed E-state index contributed by atoms with van der Waals surface area (Å²) in [6.07, 6.45) is 1.90. The van der Waals surface area contributed by atoms with Crippen molar-refractivity contribution >= 4 is 73.9 Å². The van der Waals surface area contributed by atoms with Crippen LogP contribution in [0.3, 0.4) is 0 Å². The SMILES string of the molecule is CCCCNC(=O)[C@@H](CC)N(Cc1c(Cl)cccc1Cl)C(=O)CN(c1cccc(Cl)c1Cl)S(=O)(=O)c1ccccc1. The number of amides is 2. The van der Waals surface area contributed by atoms with Crippen LogP contribution in [-0.4, -0.2) is 44.3 Å². The van der Waals surface area contributed by atoms with Crippen molar-refractivity contribution in [1.82, 2.24) is 10.2 Å². The number of carbonyl (C=O) groups is 2. The van der Waals surface area contributed by atoms with Gasteiger partial charge in [0.1, 0.15) is 12.6 Å². The van der Waals surface area contributed by atoms with E-state index >= 15 is 0 Å². The Hall–Kier alpha value is -2.49. The lowest BCUT2D eigenvalue weighted by Crippen LogP contribution is -2.52. The molecule has 0 bridgehead atoms. The first kappa shape index (κ1) is 33.0. The first-order valence-corrected chi connectivity index (χ1v) is 16.0. The molecule has 7 nitrogen and oxygen atoms in total. The highest BCUT2D eigenvalue weighted by atomic mass is 35.5. The van der Waals surface area contributed by atoms with Gasteiger partial charge in [-0.2, -0.15) is 0 Å². The molecule has 0 saturated heterocycles. The van der Waals surface area contributed by atoms with Crippen LogP contribution in [0.1, 0.15) is 38.7 Å². The molecule has 0 radical (unpaired) electrons. The van der Waals surface area contributed by atoms with Crippen LogP contribution in [0.2, 0.25) is 20.1 Å². The van der Waals surface area contributed by atoms with Gasteiger partial charge in [0.25, 0.3) is 10.0 Å². The Labute approximate surface area is 261 Å². The zero-order valence-corrected chi connectivity index (χ0v) is 26.5. The maximum absolute atomic E-state index is 14.1. The van der Waals surface area contributed by atoms with E-state index in [2.05, 4.69) is 5.32 Å². The third kappa shape index (κ3) is 8.08. The number of hydrogen-bond acceptors (Lipinski definition) is 4. The summed E-state index contributed by atoms with van der Waals surface area (Å²) in [5.74, 6) is -1.02. The van der Waals surface area contributed by atoms with Gasteiger partial charge in [0.2, 0.25) is 11.8 Å². The fraction of sp³-hybridized carbons (Fsp3) is 0.310. The van der Waals surface area contributed by atoms with Gasteiger partial charge in [-0.05, 0) is 49.2 Å². The summed E-state index contributed by atoms with van der Waals surface area (Å²) in [4.78, 5) is 28.7. The van der Waals surface area contributed by atoms with E-state index in [1.54, 1.807) is 49.4 Å². The minimum Gasteiger partial charge on any atom is -0.354 e. The average Bonchev–Trinajstić information content (AvgIpc) is 2.95. The van der Waals surface area contributed by atoms with Crippen LogP contribution < -0.4 is 9.62 Å². The molecule has 41 heavy (non-hydrogen) atoms. The van der Waals surface area contributed by atoms with Gasteiger partial charge in [0.05, 0.1) is 20.6 Å². The number of rotatable bonds is 13. The third-order valence-corrected chi connectivity index (χ3v) is 9.71. The lowest BCUT2D eigenvalue weighted by Gasteiger charge is -2.33. The molecule has 0 spiro atoms. The second-order valence-electron chi connectivity index (χ2n) is 9.19. The molecule has 0 aliphatic carbocycles. The first-order chi connectivity index (χ1) is 19.5. The number of hydrogen-bond donors (Lipinski definition) is 1. The Morgan fingerprint density at radius 2 is 1.46 bits per heavy atom. The van der Waals surface area contributed by atoms with Crippen LogP contribution in [0, 0.1) is 0 Å². The molecule has 3 aromatic carbocycles. The minimum atomic E-state index is -4.29. The van der Waals surface area contributed by atoms with Crippen molar-refractivity contribution in [2.24, 2.45) is 0 Å². The van der Waals surface area contributed by atoms with E-state index in [0.717, 1.165) is 17.1 Å². The van der Waals surface area contributed by atoms with Crippen LogP contribution in [0.4, 0.5) is 5.69 Å². The smallest absolute Gasteiger partial charge is 0.264 e. The molecule has 3 aromatic rings. The van der Waals surface area contributed by atoms with E-state index in [4.69, 9.17) is 46.4 Å². The molecule has 1 atom stereocenters. The van der Waals surface area contributed by atoms with Gasteiger partial charge >= 0.3 is 0 Å². The molecule has 0 fully saturated rings. The Balaban J connectivity index is 2.11. The fourth-order valence-electron chi connectivity index (χ4n) is 4.20. The van der Waals surface area contributed by atoms with Gasteiger partial charge in [-0.1, -0.05) is 97.0 Å². The van der Waals surface area contributed by atoms with Crippen molar-refractivity contribution < 1.29 is 18.0 Å². The van der Waals surface area contributed by atoms with Gasteiger partial charge in [0, 0.05) is 28.7 Å². The lowest BCUT2D eigenvalue weighted by atomic mass is 10.1. The van der Waals surface area contributed by atoms with E-state index in [1.165, 1.54) is 29.2 Å². The van der Waals surface area contributed by atoms with E-state index in [0.29, 0.717) is 22.2 Å². The predicted molar refractivity (Wildman–Crippen MR) is 166 cm³/mol. The number of unbranched alkanes of at least 4 members (excludes halogenated alkanes) is 1. The third-order valence-electron chi connectivity index (χ3n) is 6.42. The highest BCUT2D eigenvalue weighted by Gasteiger charge is 2.35. The zero-order chi connectivity index (χ0) is 30.2. The Kier molecular flexibility index (Phi) is 12.2. The Morgan fingerprint density at radius 3 is 2.07 bits per heavy atom. The van der Waals surface area contributed by atoms with Crippen molar-refractivity contribution in [3.05, 3.63) is 92.4 Å². The number of anilines is 1. The molecule has 220 valence electrons. The van der Waals surface area contributed by atoms with Gasteiger partial charge in [-0.3, -0.25) is 13.9 Å². The number of halogens is 4.